The van der Waals surface area contributed by atoms with Crippen molar-refractivity contribution in [1.29, 1.82) is 0 Å². The largest absolute Gasteiger partial charge is 0.0839 e. The maximum Gasteiger partial charge on any atom is -0.0109 e. The lowest BCUT2D eigenvalue weighted by atomic mass is 9.97. The van der Waals surface area contributed by atoms with Crippen LogP contribution in [0.15, 0.2) is 42.5 Å². The molecule has 0 heteroatoms. The highest BCUT2D eigenvalue weighted by Gasteiger charge is 2.02. The van der Waals surface area contributed by atoms with E-state index in [4.69, 9.17) is 0 Å². The predicted octanol–water partition coefficient (Wildman–Crippen LogP) is 5.61. The van der Waals surface area contributed by atoms with Gasteiger partial charge in [-0.05, 0) is 34.7 Å². The second-order valence-electron chi connectivity index (χ2n) is 4.76. The van der Waals surface area contributed by atoms with E-state index < -0.39 is 0 Å². The average Bonchev–Trinajstić information content (AvgIpc) is 2.43. The van der Waals surface area contributed by atoms with Crippen LogP contribution >= 0.6 is 0 Å². The summed E-state index contributed by atoms with van der Waals surface area (Å²) >= 11 is 0. The van der Waals surface area contributed by atoms with Gasteiger partial charge in [0.15, 0.2) is 0 Å². The molecule has 0 aliphatic carbocycles. The molecule has 0 aliphatic rings. The number of hydrogen-bond donors (Lipinski definition) is 0. The molecule has 0 saturated heterocycles. The van der Waals surface area contributed by atoms with Crippen molar-refractivity contribution in [3.63, 3.8) is 0 Å². The monoisotopic (exact) mass is 238 g/mol. The third-order valence-corrected chi connectivity index (χ3v) is 3.45. The van der Waals surface area contributed by atoms with Gasteiger partial charge in [0.2, 0.25) is 0 Å². The van der Waals surface area contributed by atoms with E-state index in [9.17, 15) is 0 Å². The second kappa shape index (κ2) is 6.39. The molecule has 2 rings (SSSR count). The van der Waals surface area contributed by atoms with Crippen LogP contribution in [-0.4, -0.2) is 0 Å². The van der Waals surface area contributed by atoms with Crippen LogP contribution in [0.4, 0.5) is 0 Å². The van der Waals surface area contributed by atoms with E-state index in [0.29, 0.717) is 0 Å². The van der Waals surface area contributed by atoms with E-state index in [1.54, 1.807) is 0 Å². The fraction of sp³-hybridized carbons (Fsp3) is 0.333. The van der Waals surface area contributed by atoms with Gasteiger partial charge in [0.05, 0.1) is 0 Å². The lowest BCUT2D eigenvalue weighted by molar-refractivity contribution is 0.816. The Balaban J connectivity index is 2.41. The number of hydrogen-bond acceptors (Lipinski definition) is 0. The first-order valence-electron chi connectivity index (χ1n) is 7.04. The minimum atomic E-state index is 1.10. The molecular formula is C18H22. The summed E-state index contributed by atoms with van der Waals surface area (Å²) in [6.45, 7) is 4.47. The van der Waals surface area contributed by atoms with Gasteiger partial charge in [0, 0.05) is 0 Å². The normalized spacial score (nSPS) is 11.4. The van der Waals surface area contributed by atoms with Crippen LogP contribution in [-0.2, 0) is 6.42 Å². The molecule has 0 fully saturated rings. The van der Waals surface area contributed by atoms with Crippen LogP contribution in [0.2, 0.25) is 0 Å². The van der Waals surface area contributed by atoms with Crippen molar-refractivity contribution in [3.05, 3.63) is 53.6 Å². The number of aryl methyl sites for hydroxylation is 1. The molecule has 18 heavy (non-hydrogen) atoms. The number of fused-ring (bicyclic) bond motifs is 1. The van der Waals surface area contributed by atoms with Crippen molar-refractivity contribution < 1.29 is 0 Å². The smallest absolute Gasteiger partial charge is 0.0109 e. The Hall–Kier alpha value is -1.56. The zero-order chi connectivity index (χ0) is 12.8. The molecule has 0 aliphatic heterocycles. The van der Waals surface area contributed by atoms with E-state index in [0.717, 1.165) is 6.42 Å². The van der Waals surface area contributed by atoms with E-state index >= 15 is 0 Å². The van der Waals surface area contributed by atoms with Gasteiger partial charge >= 0.3 is 0 Å². The van der Waals surface area contributed by atoms with Gasteiger partial charge in [-0.1, -0.05) is 75.2 Å². The Kier molecular flexibility index (Phi) is 4.58. The Bertz CT molecular complexity index is 535. The first-order valence-corrected chi connectivity index (χ1v) is 7.04. The van der Waals surface area contributed by atoms with Crippen molar-refractivity contribution in [2.75, 3.05) is 0 Å². The fourth-order valence-corrected chi connectivity index (χ4v) is 2.37. The quantitative estimate of drug-likeness (QED) is 0.594. The van der Waals surface area contributed by atoms with Crippen LogP contribution in [0.5, 0.6) is 0 Å². The van der Waals surface area contributed by atoms with Gasteiger partial charge in [0.1, 0.15) is 0 Å². The van der Waals surface area contributed by atoms with E-state index in [1.165, 1.54) is 41.2 Å². The molecule has 0 radical (unpaired) electrons. The summed E-state index contributed by atoms with van der Waals surface area (Å²) in [4.78, 5) is 0. The number of allylic oxidation sites excluding steroid dienone is 1. The number of benzene rings is 2. The number of rotatable bonds is 5. The van der Waals surface area contributed by atoms with Gasteiger partial charge < -0.3 is 0 Å². The Morgan fingerprint density at radius 3 is 2.61 bits per heavy atom. The molecule has 0 atom stereocenters. The molecule has 0 saturated carbocycles. The van der Waals surface area contributed by atoms with Crippen LogP contribution < -0.4 is 0 Å². The van der Waals surface area contributed by atoms with E-state index in [-0.39, 0.29) is 0 Å². The standard InChI is InChI=1S/C18H22/c1-3-5-6-7-11-17-15(4-2)13-14-16-10-8-9-12-18(16)17/h7-14H,3-6H2,1-2H3/b11-7+. The van der Waals surface area contributed by atoms with Gasteiger partial charge in [-0.15, -0.1) is 0 Å². The maximum atomic E-state index is 2.32. The Morgan fingerprint density at radius 1 is 1.00 bits per heavy atom. The summed E-state index contributed by atoms with van der Waals surface area (Å²) in [5.41, 5.74) is 2.85. The molecule has 0 amide bonds. The van der Waals surface area contributed by atoms with Crippen molar-refractivity contribution in [2.24, 2.45) is 0 Å². The highest BCUT2D eigenvalue weighted by molar-refractivity contribution is 5.91. The number of unbranched alkanes of at least 4 members (excludes halogenated alkanes) is 2. The van der Waals surface area contributed by atoms with Crippen LogP contribution in [0.1, 0.15) is 44.2 Å². The summed E-state index contributed by atoms with van der Waals surface area (Å²) < 4.78 is 0. The van der Waals surface area contributed by atoms with Crippen molar-refractivity contribution in [3.8, 4) is 0 Å². The minimum absolute atomic E-state index is 1.10. The summed E-state index contributed by atoms with van der Waals surface area (Å²) in [5.74, 6) is 0. The van der Waals surface area contributed by atoms with Crippen LogP contribution in [0.25, 0.3) is 16.8 Å². The molecule has 0 nitrogen and oxygen atoms in total. The minimum Gasteiger partial charge on any atom is -0.0839 e. The predicted molar refractivity (Wildman–Crippen MR) is 81.9 cm³/mol. The molecule has 0 bridgehead atoms. The fourth-order valence-electron chi connectivity index (χ4n) is 2.37. The van der Waals surface area contributed by atoms with Gasteiger partial charge in [0.25, 0.3) is 0 Å². The molecule has 2 aromatic rings. The molecule has 0 aromatic heterocycles. The maximum absolute atomic E-state index is 2.32. The first kappa shape index (κ1) is 12.9. The Morgan fingerprint density at radius 2 is 1.83 bits per heavy atom. The second-order valence-corrected chi connectivity index (χ2v) is 4.76. The molecule has 2 aromatic carbocycles. The zero-order valence-electron chi connectivity index (χ0n) is 11.4. The first-order chi connectivity index (χ1) is 8.86. The Labute approximate surface area is 110 Å². The highest BCUT2D eigenvalue weighted by atomic mass is 14.1. The molecule has 94 valence electrons. The van der Waals surface area contributed by atoms with Crippen molar-refractivity contribution in [2.45, 2.75) is 39.5 Å². The van der Waals surface area contributed by atoms with Gasteiger partial charge in [-0.2, -0.15) is 0 Å². The molecular weight excluding hydrogens is 216 g/mol. The third kappa shape index (κ3) is 2.81. The topological polar surface area (TPSA) is 0 Å². The van der Waals surface area contributed by atoms with Crippen LogP contribution in [0.3, 0.4) is 0 Å². The third-order valence-electron chi connectivity index (χ3n) is 3.45. The van der Waals surface area contributed by atoms with E-state index in [2.05, 4.69) is 62.4 Å². The average molecular weight is 238 g/mol. The van der Waals surface area contributed by atoms with Crippen LogP contribution in [0, 0.1) is 0 Å². The SMILES string of the molecule is CCCC/C=C/c1c(CC)ccc2ccccc12. The molecule has 0 unspecified atom stereocenters. The summed E-state index contributed by atoms with van der Waals surface area (Å²) in [5, 5.41) is 2.72. The summed E-state index contributed by atoms with van der Waals surface area (Å²) in [7, 11) is 0. The highest BCUT2D eigenvalue weighted by Crippen LogP contribution is 2.24. The van der Waals surface area contributed by atoms with Gasteiger partial charge in [-0.25, -0.2) is 0 Å². The summed E-state index contributed by atoms with van der Waals surface area (Å²) in [6, 6.07) is 13.2. The van der Waals surface area contributed by atoms with Crippen molar-refractivity contribution >= 4 is 16.8 Å². The zero-order valence-corrected chi connectivity index (χ0v) is 11.4. The lowest BCUT2D eigenvalue weighted by Gasteiger charge is -2.08. The van der Waals surface area contributed by atoms with Crippen molar-refractivity contribution in [1.82, 2.24) is 0 Å². The van der Waals surface area contributed by atoms with E-state index in [1.807, 2.05) is 0 Å². The lowest BCUT2D eigenvalue weighted by Crippen LogP contribution is -1.88. The molecule has 0 heterocycles. The molecule has 0 spiro atoms. The summed E-state index contributed by atoms with van der Waals surface area (Å²) in [6.07, 6.45) is 9.46. The molecule has 0 N–H and O–H groups in total. The van der Waals surface area contributed by atoms with Gasteiger partial charge in [-0.3, -0.25) is 0 Å².